The predicted molar refractivity (Wildman–Crippen MR) is 91.4 cm³/mol. The average molecular weight is 367 g/mol. The van der Waals surface area contributed by atoms with Gasteiger partial charge in [-0.1, -0.05) is 18.2 Å². The van der Waals surface area contributed by atoms with Gasteiger partial charge in [0.05, 0.1) is 18.3 Å². The van der Waals surface area contributed by atoms with Gasteiger partial charge >= 0.3 is 6.18 Å². The minimum absolute atomic E-state index is 0.0372. The van der Waals surface area contributed by atoms with Gasteiger partial charge in [-0.3, -0.25) is 0 Å². The van der Waals surface area contributed by atoms with Gasteiger partial charge in [-0.05, 0) is 60.8 Å². The maximum Gasteiger partial charge on any atom is 0.416 e. The second-order valence-corrected chi connectivity index (χ2v) is 6.65. The minimum atomic E-state index is -4.36. The molecule has 1 aliphatic rings. The van der Waals surface area contributed by atoms with Crippen LogP contribution in [0.3, 0.4) is 0 Å². The van der Waals surface area contributed by atoms with E-state index in [9.17, 15) is 17.6 Å². The molecular formula is C20H21F4NO. The van der Waals surface area contributed by atoms with Crippen molar-refractivity contribution < 1.29 is 22.3 Å². The molecule has 2 atom stereocenters. The third-order valence-corrected chi connectivity index (χ3v) is 4.77. The van der Waals surface area contributed by atoms with Crippen LogP contribution in [0.1, 0.15) is 34.6 Å². The van der Waals surface area contributed by atoms with E-state index in [-0.39, 0.29) is 24.4 Å². The molecule has 0 radical (unpaired) electrons. The van der Waals surface area contributed by atoms with E-state index in [0.29, 0.717) is 12.1 Å². The predicted octanol–water partition coefficient (Wildman–Crippen LogP) is 4.82. The highest BCUT2D eigenvalue weighted by atomic mass is 19.4. The maximum absolute atomic E-state index is 13.4. The van der Waals surface area contributed by atoms with E-state index >= 15 is 0 Å². The van der Waals surface area contributed by atoms with Gasteiger partial charge < -0.3 is 10.1 Å². The Bertz CT molecular complexity index is 760. The highest BCUT2D eigenvalue weighted by molar-refractivity contribution is 5.32. The van der Waals surface area contributed by atoms with Gasteiger partial charge in [-0.25, -0.2) is 4.39 Å². The van der Waals surface area contributed by atoms with Gasteiger partial charge in [0.1, 0.15) is 5.82 Å². The van der Waals surface area contributed by atoms with Crippen LogP contribution in [0.25, 0.3) is 0 Å². The number of halogens is 4. The van der Waals surface area contributed by atoms with Crippen LogP contribution in [0.15, 0.2) is 42.5 Å². The Balaban J connectivity index is 1.73. The molecule has 1 N–H and O–H groups in total. The van der Waals surface area contributed by atoms with Crippen LogP contribution in [0.5, 0.6) is 0 Å². The van der Waals surface area contributed by atoms with E-state index in [1.54, 1.807) is 12.1 Å². The van der Waals surface area contributed by atoms with E-state index in [1.165, 1.54) is 18.2 Å². The van der Waals surface area contributed by atoms with Crippen molar-refractivity contribution in [1.82, 2.24) is 5.32 Å². The van der Waals surface area contributed by atoms with Crippen LogP contribution in [-0.4, -0.2) is 19.2 Å². The molecule has 2 unspecified atom stereocenters. The smallest absolute Gasteiger partial charge is 0.373 e. The van der Waals surface area contributed by atoms with Crippen molar-refractivity contribution in [2.45, 2.75) is 38.1 Å². The number of benzene rings is 2. The molecule has 2 nitrogen and oxygen atoms in total. The zero-order valence-electron chi connectivity index (χ0n) is 14.4. The van der Waals surface area contributed by atoms with Crippen molar-refractivity contribution in [3.63, 3.8) is 0 Å². The summed E-state index contributed by atoms with van der Waals surface area (Å²) in [6, 6.07) is 9.90. The molecule has 1 saturated heterocycles. The number of nitrogens with one attached hydrogen (secondary N) is 1. The second kappa shape index (κ2) is 7.76. The van der Waals surface area contributed by atoms with Crippen molar-refractivity contribution in [2.24, 2.45) is 0 Å². The SMILES string of the molecule is Cc1cc(F)ccc1C1CNCCC1OCc1cccc(C(F)(F)F)c1. The summed E-state index contributed by atoms with van der Waals surface area (Å²) in [5.74, 6) is -0.244. The molecule has 0 aliphatic carbocycles. The fraction of sp³-hybridized carbons (Fsp3) is 0.400. The summed E-state index contributed by atoms with van der Waals surface area (Å²) in [6.07, 6.45) is -3.74. The molecule has 3 rings (SSSR count). The quantitative estimate of drug-likeness (QED) is 0.783. The maximum atomic E-state index is 13.4. The largest absolute Gasteiger partial charge is 0.416 e. The molecule has 26 heavy (non-hydrogen) atoms. The summed E-state index contributed by atoms with van der Waals surface area (Å²) in [4.78, 5) is 0. The molecule has 1 aliphatic heterocycles. The second-order valence-electron chi connectivity index (χ2n) is 6.65. The number of alkyl halides is 3. The van der Waals surface area contributed by atoms with E-state index in [2.05, 4.69) is 5.32 Å². The van der Waals surface area contributed by atoms with Crippen LogP contribution in [-0.2, 0) is 17.5 Å². The third kappa shape index (κ3) is 4.43. The zero-order chi connectivity index (χ0) is 18.7. The van der Waals surface area contributed by atoms with Crippen molar-refractivity contribution in [3.05, 3.63) is 70.5 Å². The number of ether oxygens (including phenoxy) is 1. The first kappa shape index (κ1) is 18.9. The monoisotopic (exact) mass is 367 g/mol. The number of hydrogen-bond donors (Lipinski definition) is 1. The van der Waals surface area contributed by atoms with Gasteiger partial charge in [-0.2, -0.15) is 13.2 Å². The molecular weight excluding hydrogens is 346 g/mol. The molecule has 0 aromatic heterocycles. The van der Waals surface area contributed by atoms with Gasteiger partial charge in [0, 0.05) is 12.5 Å². The number of rotatable bonds is 4. The van der Waals surface area contributed by atoms with Gasteiger partial charge in [0.25, 0.3) is 0 Å². The van der Waals surface area contributed by atoms with Crippen LogP contribution in [0.2, 0.25) is 0 Å². The van der Waals surface area contributed by atoms with Crippen LogP contribution in [0, 0.1) is 12.7 Å². The van der Waals surface area contributed by atoms with Gasteiger partial charge in [-0.15, -0.1) is 0 Å². The number of aryl methyl sites for hydroxylation is 1. The molecule has 1 heterocycles. The van der Waals surface area contributed by atoms with Crippen LogP contribution >= 0.6 is 0 Å². The molecule has 0 saturated carbocycles. The molecule has 0 spiro atoms. The first-order chi connectivity index (χ1) is 12.3. The molecule has 0 amide bonds. The van der Waals surface area contributed by atoms with Crippen LogP contribution in [0.4, 0.5) is 17.6 Å². The Kier molecular flexibility index (Phi) is 5.63. The fourth-order valence-corrected chi connectivity index (χ4v) is 3.44. The summed E-state index contributed by atoms with van der Waals surface area (Å²) in [6.45, 7) is 3.45. The molecule has 6 heteroatoms. The van der Waals surface area contributed by atoms with Gasteiger partial charge in [0.2, 0.25) is 0 Å². The fourth-order valence-electron chi connectivity index (χ4n) is 3.44. The molecule has 0 bridgehead atoms. The summed E-state index contributed by atoms with van der Waals surface area (Å²) in [5.41, 5.74) is 1.68. The lowest BCUT2D eigenvalue weighted by molar-refractivity contribution is -0.137. The van der Waals surface area contributed by atoms with E-state index in [1.807, 2.05) is 6.92 Å². The highest BCUT2D eigenvalue weighted by Gasteiger charge is 2.31. The third-order valence-electron chi connectivity index (χ3n) is 4.77. The summed E-state index contributed by atoms with van der Waals surface area (Å²) in [5, 5.41) is 3.31. The van der Waals surface area contributed by atoms with Crippen molar-refractivity contribution in [1.29, 1.82) is 0 Å². The Morgan fingerprint density at radius 1 is 1.15 bits per heavy atom. The summed E-state index contributed by atoms with van der Waals surface area (Å²) in [7, 11) is 0. The molecule has 140 valence electrons. The van der Waals surface area contributed by atoms with Crippen molar-refractivity contribution in [3.8, 4) is 0 Å². The average Bonchev–Trinajstić information content (AvgIpc) is 2.60. The Labute approximate surface area is 150 Å². The van der Waals surface area contributed by atoms with E-state index < -0.39 is 11.7 Å². The first-order valence-electron chi connectivity index (χ1n) is 8.59. The number of hydrogen-bond acceptors (Lipinski definition) is 2. The lowest BCUT2D eigenvalue weighted by atomic mass is 9.86. The Hall–Kier alpha value is -1.92. The normalized spacial score (nSPS) is 21.0. The van der Waals surface area contributed by atoms with E-state index in [0.717, 1.165) is 36.2 Å². The highest BCUT2D eigenvalue weighted by Crippen LogP contribution is 2.32. The molecule has 2 aromatic rings. The van der Waals surface area contributed by atoms with Crippen molar-refractivity contribution in [2.75, 3.05) is 13.1 Å². The standard InChI is InChI=1S/C20H21F4NO/c1-13-9-16(21)5-6-17(13)18-11-25-8-7-19(18)26-12-14-3-2-4-15(10-14)20(22,23)24/h2-6,9-10,18-19,25H,7-8,11-12H2,1H3. The number of piperidine rings is 1. The minimum Gasteiger partial charge on any atom is -0.373 e. The van der Waals surface area contributed by atoms with Crippen LogP contribution < -0.4 is 5.32 Å². The van der Waals surface area contributed by atoms with E-state index in [4.69, 9.17) is 4.74 Å². The van der Waals surface area contributed by atoms with Gasteiger partial charge in [0.15, 0.2) is 0 Å². The molecule has 1 fully saturated rings. The topological polar surface area (TPSA) is 21.3 Å². The Morgan fingerprint density at radius 3 is 2.69 bits per heavy atom. The Morgan fingerprint density at radius 2 is 1.96 bits per heavy atom. The lowest BCUT2D eigenvalue weighted by Gasteiger charge is -2.33. The molecule has 2 aromatic carbocycles. The summed E-state index contributed by atoms with van der Waals surface area (Å²) < 4.78 is 57.9. The summed E-state index contributed by atoms with van der Waals surface area (Å²) >= 11 is 0. The van der Waals surface area contributed by atoms with Crippen molar-refractivity contribution >= 4 is 0 Å². The lowest BCUT2D eigenvalue weighted by Crippen LogP contribution is -2.40. The zero-order valence-corrected chi connectivity index (χ0v) is 14.4. The first-order valence-corrected chi connectivity index (χ1v) is 8.59.